The molecule has 0 spiro atoms. The zero-order valence-corrected chi connectivity index (χ0v) is 10.9. The summed E-state index contributed by atoms with van der Waals surface area (Å²) in [5.74, 6) is 0.726. The van der Waals surface area contributed by atoms with E-state index in [0.29, 0.717) is 25.4 Å². The Balaban J connectivity index is 1.87. The summed E-state index contributed by atoms with van der Waals surface area (Å²) in [5.41, 5.74) is 1.38. The number of hydrogen-bond donors (Lipinski definition) is 1. The lowest BCUT2D eigenvalue weighted by Crippen LogP contribution is -2.09. The molecule has 6 heteroatoms. The van der Waals surface area contributed by atoms with Crippen molar-refractivity contribution in [2.45, 2.75) is 0 Å². The molecule has 0 saturated heterocycles. The zero-order valence-electron chi connectivity index (χ0n) is 10.9. The molecular formula is C14H16N2O4. The number of aliphatic hydroxyl groups excluding tert-OH is 1. The summed E-state index contributed by atoms with van der Waals surface area (Å²) in [4.78, 5) is 10.6. The minimum absolute atomic E-state index is 0.0152. The summed E-state index contributed by atoms with van der Waals surface area (Å²) in [7, 11) is 0. The van der Waals surface area contributed by atoms with Crippen LogP contribution in [0.4, 0.5) is 0 Å². The van der Waals surface area contributed by atoms with Gasteiger partial charge >= 0.3 is 0 Å². The third-order valence-corrected chi connectivity index (χ3v) is 2.57. The first kappa shape index (κ1) is 14.2. The number of rotatable bonds is 8. The Kier molecular flexibility index (Phi) is 5.28. The Labute approximate surface area is 116 Å². The topological polar surface area (TPSA) is 73.6 Å². The normalized spacial score (nSPS) is 10.4. The molecule has 6 nitrogen and oxygen atoms in total. The highest BCUT2D eigenvalue weighted by molar-refractivity contribution is 5.73. The van der Waals surface area contributed by atoms with Crippen molar-refractivity contribution >= 4 is 6.29 Å². The molecule has 0 aliphatic rings. The van der Waals surface area contributed by atoms with Gasteiger partial charge in [0.25, 0.3) is 0 Å². The van der Waals surface area contributed by atoms with Crippen LogP contribution in [-0.4, -0.2) is 47.6 Å². The second-order valence-corrected chi connectivity index (χ2v) is 4.01. The van der Waals surface area contributed by atoms with E-state index in [1.807, 2.05) is 24.3 Å². The number of aldehydes is 1. The molecule has 0 bridgehead atoms. The van der Waals surface area contributed by atoms with E-state index in [-0.39, 0.29) is 6.61 Å². The second-order valence-electron chi connectivity index (χ2n) is 4.01. The fourth-order valence-corrected chi connectivity index (χ4v) is 1.62. The molecule has 106 valence electrons. The van der Waals surface area contributed by atoms with Gasteiger partial charge in [-0.15, -0.1) is 0 Å². The van der Waals surface area contributed by atoms with Crippen LogP contribution in [0.25, 0.3) is 5.69 Å². The maximum atomic E-state index is 10.6. The fraction of sp³-hybridized carbons (Fsp3) is 0.286. The Morgan fingerprint density at radius 2 is 2.00 bits per heavy atom. The third-order valence-electron chi connectivity index (χ3n) is 2.57. The standard InChI is InChI=1S/C14H16N2O4/c17-5-6-19-7-8-20-14-3-1-13(2-4-14)16-10-12(11-18)9-15-16/h1-4,9-11,17H,5-8H2. The van der Waals surface area contributed by atoms with E-state index in [1.54, 1.807) is 10.9 Å². The molecule has 0 unspecified atom stereocenters. The van der Waals surface area contributed by atoms with Crippen LogP contribution in [0.15, 0.2) is 36.7 Å². The van der Waals surface area contributed by atoms with Crippen molar-refractivity contribution in [2.75, 3.05) is 26.4 Å². The van der Waals surface area contributed by atoms with Crippen LogP contribution in [-0.2, 0) is 4.74 Å². The lowest BCUT2D eigenvalue weighted by molar-refractivity contribution is 0.0705. The molecule has 1 aromatic heterocycles. The molecule has 0 aliphatic heterocycles. The smallest absolute Gasteiger partial charge is 0.153 e. The highest BCUT2D eigenvalue weighted by atomic mass is 16.5. The quantitative estimate of drug-likeness (QED) is 0.577. The summed E-state index contributed by atoms with van der Waals surface area (Å²) < 4.78 is 12.2. The first-order valence-electron chi connectivity index (χ1n) is 6.25. The number of aromatic nitrogens is 2. The van der Waals surface area contributed by atoms with Gasteiger partial charge in [0.15, 0.2) is 6.29 Å². The molecule has 1 N–H and O–H groups in total. The molecule has 0 radical (unpaired) electrons. The molecular weight excluding hydrogens is 260 g/mol. The van der Waals surface area contributed by atoms with Crippen LogP contribution >= 0.6 is 0 Å². The van der Waals surface area contributed by atoms with Crippen molar-refractivity contribution in [1.82, 2.24) is 9.78 Å². The highest BCUT2D eigenvalue weighted by Gasteiger charge is 2.01. The van der Waals surface area contributed by atoms with Crippen molar-refractivity contribution in [2.24, 2.45) is 0 Å². The largest absolute Gasteiger partial charge is 0.491 e. The van der Waals surface area contributed by atoms with Gasteiger partial charge in [-0.2, -0.15) is 5.10 Å². The number of carbonyl (C=O) groups is 1. The lowest BCUT2D eigenvalue weighted by atomic mass is 10.3. The summed E-state index contributed by atoms with van der Waals surface area (Å²) in [6, 6.07) is 7.35. The Hall–Kier alpha value is -2.18. The Morgan fingerprint density at radius 3 is 2.65 bits per heavy atom. The first-order chi connectivity index (χ1) is 9.83. The number of ether oxygens (including phenoxy) is 2. The average molecular weight is 276 g/mol. The molecule has 0 atom stereocenters. The van der Waals surface area contributed by atoms with Gasteiger partial charge in [0, 0.05) is 6.20 Å². The third kappa shape index (κ3) is 3.91. The van der Waals surface area contributed by atoms with Crippen LogP contribution < -0.4 is 4.74 Å². The molecule has 0 aliphatic carbocycles. The van der Waals surface area contributed by atoms with E-state index >= 15 is 0 Å². The maximum absolute atomic E-state index is 10.6. The van der Waals surface area contributed by atoms with Gasteiger partial charge in [-0.3, -0.25) is 4.79 Å². The van der Waals surface area contributed by atoms with Gasteiger partial charge in [0.2, 0.25) is 0 Å². The Morgan fingerprint density at radius 1 is 1.20 bits per heavy atom. The molecule has 2 rings (SSSR count). The van der Waals surface area contributed by atoms with Crippen molar-refractivity contribution in [1.29, 1.82) is 0 Å². The fourth-order valence-electron chi connectivity index (χ4n) is 1.62. The monoisotopic (exact) mass is 276 g/mol. The van der Waals surface area contributed by atoms with Crippen molar-refractivity contribution < 1.29 is 19.4 Å². The van der Waals surface area contributed by atoms with Crippen molar-refractivity contribution in [3.8, 4) is 11.4 Å². The number of benzene rings is 1. The molecule has 20 heavy (non-hydrogen) atoms. The van der Waals surface area contributed by atoms with Gasteiger partial charge in [-0.1, -0.05) is 0 Å². The number of carbonyl (C=O) groups excluding carboxylic acids is 1. The molecule has 2 aromatic rings. The minimum atomic E-state index is 0.0152. The summed E-state index contributed by atoms with van der Waals surface area (Å²) in [6.45, 7) is 1.20. The SMILES string of the molecule is O=Cc1cnn(-c2ccc(OCCOCCO)cc2)c1. The van der Waals surface area contributed by atoms with Gasteiger partial charge in [0.05, 0.1) is 37.3 Å². The maximum Gasteiger partial charge on any atom is 0.153 e. The highest BCUT2D eigenvalue weighted by Crippen LogP contribution is 2.15. The predicted octanol–water partition coefficient (Wildman–Crippen LogP) is 1.07. The van der Waals surface area contributed by atoms with E-state index in [9.17, 15) is 4.79 Å². The lowest BCUT2D eigenvalue weighted by Gasteiger charge is -2.07. The van der Waals surface area contributed by atoms with Gasteiger partial charge in [-0.25, -0.2) is 4.68 Å². The minimum Gasteiger partial charge on any atom is -0.491 e. The summed E-state index contributed by atoms with van der Waals surface area (Å²) in [5, 5.41) is 12.6. The number of hydrogen-bond acceptors (Lipinski definition) is 5. The van der Waals surface area contributed by atoms with E-state index in [0.717, 1.165) is 17.7 Å². The van der Waals surface area contributed by atoms with Gasteiger partial charge < -0.3 is 14.6 Å². The summed E-state index contributed by atoms with van der Waals surface area (Å²) in [6.07, 6.45) is 3.93. The van der Waals surface area contributed by atoms with Crippen molar-refractivity contribution in [3.05, 3.63) is 42.2 Å². The summed E-state index contributed by atoms with van der Waals surface area (Å²) >= 11 is 0. The van der Waals surface area contributed by atoms with Crippen LogP contribution in [0.5, 0.6) is 5.75 Å². The van der Waals surface area contributed by atoms with E-state index < -0.39 is 0 Å². The predicted molar refractivity (Wildman–Crippen MR) is 72.4 cm³/mol. The molecule has 0 saturated carbocycles. The van der Waals surface area contributed by atoms with Gasteiger partial charge in [-0.05, 0) is 24.3 Å². The van der Waals surface area contributed by atoms with Crippen LogP contribution in [0, 0.1) is 0 Å². The average Bonchev–Trinajstić information content (AvgIpc) is 2.97. The van der Waals surface area contributed by atoms with E-state index in [4.69, 9.17) is 14.6 Å². The molecule has 1 heterocycles. The van der Waals surface area contributed by atoms with E-state index in [1.165, 1.54) is 6.20 Å². The Bertz CT molecular complexity index is 536. The van der Waals surface area contributed by atoms with Crippen molar-refractivity contribution in [3.63, 3.8) is 0 Å². The molecule has 0 amide bonds. The molecule has 1 aromatic carbocycles. The van der Waals surface area contributed by atoms with E-state index in [2.05, 4.69) is 5.10 Å². The zero-order chi connectivity index (χ0) is 14.2. The van der Waals surface area contributed by atoms with Crippen LogP contribution in [0.2, 0.25) is 0 Å². The van der Waals surface area contributed by atoms with Crippen LogP contribution in [0.1, 0.15) is 10.4 Å². The van der Waals surface area contributed by atoms with Gasteiger partial charge in [0.1, 0.15) is 12.4 Å². The second kappa shape index (κ2) is 7.42. The number of aliphatic hydroxyl groups is 1. The molecule has 0 fully saturated rings. The van der Waals surface area contributed by atoms with Crippen LogP contribution in [0.3, 0.4) is 0 Å². The first-order valence-corrected chi connectivity index (χ1v) is 6.25. The number of nitrogens with zero attached hydrogens (tertiary/aromatic N) is 2.